The normalized spacial score (nSPS) is 109. The van der Waals surface area contributed by atoms with Crippen molar-refractivity contribution in [2.24, 2.45) is 129 Å². The average Bonchev–Trinajstić information content (AvgIpc) is 2.75. The zero-order valence-corrected chi connectivity index (χ0v) is 22.8. The molecule has 15 fully saturated rings. The Hall–Kier alpha value is 0. The Morgan fingerprint density at radius 2 is 1.09 bits per heavy atom. The Balaban J connectivity index is 1.19. The van der Waals surface area contributed by atoms with Crippen LogP contribution in [0.1, 0.15) is 75.7 Å². The molecule has 0 saturated heterocycles. The fourth-order valence-electron chi connectivity index (χ4n) is 28.5. The Kier molecular flexibility index (Phi) is 1.21. The van der Waals surface area contributed by atoms with Gasteiger partial charge in [-0.3, -0.25) is 0 Å². The van der Waals surface area contributed by atoms with Gasteiger partial charge in [0.05, 0.1) is 0 Å². The van der Waals surface area contributed by atoms with Gasteiger partial charge in [0.1, 0.15) is 0 Å². The third-order valence-electron chi connectivity index (χ3n) is 25.5. The topological polar surface area (TPSA) is 0 Å². The van der Waals surface area contributed by atoms with Crippen molar-refractivity contribution in [1.82, 2.24) is 0 Å². The fraction of sp³-hybridized carbons (Fsp3) is 1.00. The number of rotatable bonds is 0. The van der Waals surface area contributed by atoms with Gasteiger partial charge in [0.25, 0.3) is 0 Å². The minimum Gasteiger partial charge on any atom is -0.0616 e. The quantitative estimate of drug-likeness (QED) is 0.396. The van der Waals surface area contributed by atoms with Crippen LogP contribution in [0.15, 0.2) is 0 Å². The van der Waals surface area contributed by atoms with Gasteiger partial charge in [-0.15, -0.1) is 0 Å². The molecule has 0 heterocycles. The lowest BCUT2D eigenvalue weighted by atomic mass is 8.53. The summed E-state index contributed by atoms with van der Waals surface area (Å²) >= 11 is 0. The standard InChI is InChI=1S/C34H40/c1-12-16-14-11-15-18-19-17-13(2)21(5)23(7)20(3,4)24(8)26(10)25(9)22(12,6)28(16)27(14,15)30(18)31(19)29(17,21)32(23,24)34(26,31)33(25,28)30/h12-19H,11H2,1-10H3/t12-,13+,14+,15-,16?,17?,18?,19?,21?,22?,23?,24?,25?,26?,27?,28?,29?,30?,31?,32?,33?,34?/m0/s1. The monoisotopic (exact) mass is 448 g/mol. The second kappa shape index (κ2) is 2.56. The minimum absolute atomic E-state index is 0.496. The number of hydrogen-bond acceptors (Lipinski definition) is 0. The maximum Gasteiger partial charge on any atom is -0.00140 e. The summed E-state index contributed by atoms with van der Waals surface area (Å²) in [4.78, 5) is 0. The van der Waals surface area contributed by atoms with Crippen LogP contribution in [0, 0.1) is 129 Å². The van der Waals surface area contributed by atoms with E-state index in [2.05, 4.69) is 69.2 Å². The smallest absolute Gasteiger partial charge is 0.00140 e. The van der Waals surface area contributed by atoms with E-state index < -0.39 is 0 Å². The third-order valence-corrected chi connectivity index (χ3v) is 25.5. The minimum atomic E-state index is 0.496. The molecule has 34 heavy (non-hydrogen) atoms. The van der Waals surface area contributed by atoms with Gasteiger partial charge in [-0.25, -0.2) is 0 Å². The lowest BCUT2D eigenvalue weighted by Gasteiger charge is -3.50. The molecule has 0 heteroatoms. The molecule has 15 aliphatic rings. The number of hydrogen-bond donors (Lipinski definition) is 0. The summed E-state index contributed by atoms with van der Waals surface area (Å²) in [6.07, 6.45) is 1.70. The summed E-state index contributed by atoms with van der Waals surface area (Å²) in [5.74, 6) is 9.24. The summed E-state index contributed by atoms with van der Waals surface area (Å²) in [5, 5.41) is 0. The first-order valence-electron chi connectivity index (χ1n) is 15.8. The first kappa shape index (κ1) is 16.1. The first-order chi connectivity index (χ1) is 15.8. The van der Waals surface area contributed by atoms with Crippen LogP contribution in [0.5, 0.6) is 0 Å². The fourth-order valence-corrected chi connectivity index (χ4v) is 28.5. The van der Waals surface area contributed by atoms with Crippen LogP contribution < -0.4 is 0 Å². The zero-order chi connectivity index (χ0) is 22.8. The molecular weight excluding hydrogens is 408 g/mol. The summed E-state index contributed by atoms with van der Waals surface area (Å²) in [5.41, 5.74) is 11.2. The van der Waals surface area contributed by atoms with E-state index >= 15 is 0 Å². The van der Waals surface area contributed by atoms with Crippen LogP contribution in [-0.2, 0) is 0 Å². The second-order valence-corrected chi connectivity index (χ2v) is 20.0. The van der Waals surface area contributed by atoms with Crippen molar-refractivity contribution in [3.8, 4) is 0 Å². The molecule has 0 bridgehead atoms. The van der Waals surface area contributed by atoms with Crippen LogP contribution in [-0.4, -0.2) is 0 Å². The zero-order valence-electron chi connectivity index (χ0n) is 22.8. The van der Waals surface area contributed by atoms with Gasteiger partial charge in [0.2, 0.25) is 0 Å². The second-order valence-electron chi connectivity index (χ2n) is 20.0. The Morgan fingerprint density at radius 3 is 1.79 bits per heavy atom. The van der Waals surface area contributed by atoms with Crippen molar-refractivity contribution in [3.05, 3.63) is 0 Å². The predicted octanol–water partition coefficient (Wildman–Crippen LogP) is 6.51. The van der Waals surface area contributed by atoms with E-state index in [1.54, 1.807) is 6.42 Å². The molecule has 0 aromatic rings. The van der Waals surface area contributed by atoms with Gasteiger partial charge < -0.3 is 0 Å². The highest BCUT2D eigenvalue weighted by atomic mass is 15.5. The molecule has 176 valence electrons. The maximum atomic E-state index is 2.99. The van der Waals surface area contributed by atoms with Crippen molar-refractivity contribution in [2.45, 2.75) is 75.7 Å². The summed E-state index contributed by atoms with van der Waals surface area (Å²) in [7, 11) is 0. The Bertz CT molecular complexity index is 1570. The van der Waals surface area contributed by atoms with Crippen LogP contribution >= 0.6 is 0 Å². The van der Waals surface area contributed by atoms with E-state index in [9.17, 15) is 0 Å². The van der Waals surface area contributed by atoms with Crippen molar-refractivity contribution in [2.75, 3.05) is 0 Å². The molecule has 22 atom stereocenters. The SMILES string of the molecule is C[C@@H]1C2C3C4[C@@H]5C[C@@H]6C7[C@H](C)C8(C)C9(C)C%10(C)C%11(C)C(C)(C)C%12(C)C1(C)C21C32C43C65C78C93C%102C%12%111. The average molecular weight is 449 g/mol. The van der Waals surface area contributed by atoms with Gasteiger partial charge in [-0.1, -0.05) is 69.2 Å². The first-order valence-corrected chi connectivity index (χ1v) is 15.8. The van der Waals surface area contributed by atoms with Crippen molar-refractivity contribution >= 4 is 0 Å². The van der Waals surface area contributed by atoms with Crippen LogP contribution in [0.2, 0.25) is 0 Å². The predicted molar refractivity (Wildman–Crippen MR) is 126 cm³/mol. The molecule has 0 aliphatic heterocycles. The van der Waals surface area contributed by atoms with E-state index in [4.69, 9.17) is 0 Å². The lowest BCUT2D eigenvalue weighted by Crippen LogP contribution is -3.48. The number of fused-ring (bicyclic) bond motifs is 8. The summed E-state index contributed by atoms with van der Waals surface area (Å²) < 4.78 is 0. The van der Waals surface area contributed by atoms with Crippen molar-refractivity contribution < 1.29 is 0 Å². The van der Waals surface area contributed by atoms with Crippen LogP contribution in [0.4, 0.5) is 0 Å². The Morgan fingerprint density at radius 1 is 0.471 bits per heavy atom. The van der Waals surface area contributed by atoms with Crippen molar-refractivity contribution in [1.29, 1.82) is 0 Å². The molecule has 0 aromatic carbocycles. The van der Waals surface area contributed by atoms with E-state index in [0.29, 0.717) is 37.9 Å². The molecule has 0 radical (unpaired) electrons. The molecule has 0 nitrogen and oxygen atoms in total. The molecule has 0 N–H and O–H groups in total. The highest BCUT2D eigenvalue weighted by Crippen LogP contribution is 3.51. The third kappa shape index (κ3) is 0.410. The van der Waals surface area contributed by atoms with Crippen molar-refractivity contribution in [3.63, 3.8) is 0 Å². The largest absolute Gasteiger partial charge is 0.0616 e. The van der Waals surface area contributed by atoms with Gasteiger partial charge in [0, 0.05) is 0 Å². The molecule has 0 aromatic heterocycles. The molecule has 8 spiro atoms. The maximum absolute atomic E-state index is 2.99. The molecule has 15 aliphatic carbocycles. The molecule has 18 unspecified atom stereocenters. The Labute approximate surface area is 204 Å². The molecule has 15 rings (SSSR count). The molecule has 0 amide bonds. The molecular formula is C34H40. The van der Waals surface area contributed by atoms with E-state index in [1.807, 2.05) is 0 Å². The van der Waals surface area contributed by atoms with Gasteiger partial charge in [-0.05, 0) is 135 Å². The van der Waals surface area contributed by atoms with Gasteiger partial charge in [0.15, 0.2) is 0 Å². The summed E-state index contributed by atoms with van der Waals surface area (Å²) in [6, 6.07) is 0. The van der Waals surface area contributed by atoms with Gasteiger partial charge >= 0.3 is 0 Å². The van der Waals surface area contributed by atoms with E-state index in [0.717, 1.165) is 61.1 Å². The highest BCUT2D eigenvalue weighted by Gasteiger charge is 3.50. The van der Waals surface area contributed by atoms with E-state index in [1.165, 1.54) is 29.6 Å². The highest BCUT2D eigenvalue weighted by molar-refractivity contribution is 5.94. The van der Waals surface area contributed by atoms with Crippen LogP contribution in [0.25, 0.3) is 0 Å². The lowest BCUT2D eigenvalue weighted by molar-refractivity contribution is -1.05. The molecule has 15 saturated carbocycles. The van der Waals surface area contributed by atoms with Crippen LogP contribution in [0.3, 0.4) is 0 Å². The van der Waals surface area contributed by atoms with Gasteiger partial charge in [-0.2, -0.15) is 0 Å². The summed E-state index contributed by atoms with van der Waals surface area (Å²) in [6.45, 7) is 28.8. The van der Waals surface area contributed by atoms with E-state index in [-0.39, 0.29) is 0 Å².